The maximum atomic E-state index is 9.48. The number of hydrogen-bond acceptors (Lipinski definition) is 4. The van der Waals surface area contributed by atoms with Crippen molar-refractivity contribution in [3.05, 3.63) is 23.3 Å². The van der Waals surface area contributed by atoms with Gasteiger partial charge in [0, 0.05) is 18.6 Å². The molecule has 1 aliphatic heterocycles. The van der Waals surface area contributed by atoms with Crippen molar-refractivity contribution >= 4 is 0 Å². The van der Waals surface area contributed by atoms with Gasteiger partial charge in [-0.25, -0.2) is 0 Å². The van der Waals surface area contributed by atoms with E-state index >= 15 is 0 Å². The zero-order valence-electron chi connectivity index (χ0n) is 11.2. The molecule has 100 valence electrons. The molecule has 0 radical (unpaired) electrons. The highest BCUT2D eigenvalue weighted by molar-refractivity contribution is 5.49. The number of fused-ring (bicyclic) bond motifs is 1. The van der Waals surface area contributed by atoms with E-state index in [1.54, 1.807) is 0 Å². The van der Waals surface area contributed by atoms with Gasteiger partial charge in [-0.2, -0.15) is 0 Å². The third-order valence-corrected chi connectivity index (χ3v) is 3.64. The largest absolute Gasteiger partial charge is 0.454 e. The molecule has 4 heteroatoms. The number of nitrogens with one attached hydrogen (secondary N) is 1. The fraction of sp³-hybridized carbons (Fsp3) is 0.571. The zero-order valence-corrected chi connectivity index (χ0v) is 11.2. The summed E-state index contributed by atoms with van der Waals surface area (Å²) in [6, 6.07) is 4.16. The van der Waals surface area contributed by atoms with Gasteiger partial charge < -0.3 is 19.9 Å². The monoisotopic (exact) mass is 251 g/mol. The average Bonchev–Trinajstić information content (AvgIpc) is 2.82. The smallest absolute Gasteiger partial charge is 0.231 e. The Hall–Kier alpha value is -1.26. The van der Waals surface area contributed by atoms with Gasteiger partial charge in [-0.05, 0) is 43.7 Å². The van der Waals surface area contributed by atoms with Gasteiger partial charge in [0.25, 0.3) is 0 Å². The predicted octanol–water partition coefficient (Wildman–Crippen LogP) is 2.00. The lowest BCUT2D eigenvalue weighted by molar-refractivity contribution is 0.173. The lowest BCUT2D eigenvalue weighted by atomic mass is 9.89. The van der Waals surface area contributed by atoms with Gasteiger partial charge in [0.05, 0.1) is 0 Å². The van der Waals surface area contributed by atoms with Crippen molar-refractivity contribution in [3.8, 4) is 11.5 Å². The van der Waals surface area contributed by atoms with Crippen molar-refractivity contribution in [1.29, 1.82) is 0 Å². The van der Waals surface area contributed by atoms with Gasteiger partial charge in [0.1, 0.15) is 0 Å². The Labute approximate surface area is 108 Å². The van der Waals surface area contributed by atoms with Crippen molar-refractivity contribution in [2.45, 2.75) is 26.3 Å². The number of rotatable bonds is 5. The van der Waals surface area contributed by atoms with E-state index in [0.29, 0.717) is 6.79 Å². The van der Waals surface area contributed by atoms with Crippen LogP contribution in [0.3, 0.4) is 0 Å². The van der Waals surface area contributed by atoms with E-state index in [0.717, 1.165) is 23.5 Å². The van der Waals surface area contributed by atoms with Crippen molar-refractivity contribution < 1.29 is 14.6 Å². The van der Waals surface area contributed by atoms with Crippen molar-refractivity contribution in [2.24, 2.45) is 5.92 Å². The summed E-state index contributed by atoms with van der Waals surface area (Å²) in [7, 11) is 1.92. The van der Waals surface area contributed by atoms with Crippen LogP contribution in [0, 0.1) is 12.8 Å². The highest BCUT2D eigenvalue weighted by Crippen LogP contribution is 2.38. The van der Waals surface area contributed by atoms with Crippen LogP contribution in [0.2, 0.25) is 0 Å². The van der Waals surface area contributed by atoms with Crippen molar-refractivity contribution in [2.75, 3.05) is 20.4 Å². The molecule has 0 aliphatic carbocycles. The van der Waals surface area contributed by atoms with Gasteiger partial charge in [0.15, 0.2) is 11.5 Å². The maximum Gasteiger partial charge on any atom is 0.231 e. The average molecular weight is 251 g/mol. The van der Waals surface area contributed by atoms with Crippen LogP contribution < -0.4 is 14.8 Å². The molecule has 2 atom stereocenters. The van der Waals surface area contributed by atoms with Crippen LogP contribution in [-0.2, 0) is 0 Å². The summed E-state index contributed by atoms with van der Waals surface area (Å²) < 4.78 is 10.8. The first kappa shape index (κ1) is 13.2. The van der Waals surface area contributed by atoms with Crippen molar-refractivity contribution in [3.63, 3.8) is 0 Å². The van der Waals surface area contributed by atoms with Crippen LogP contribution in [0.15, 0.2) is 12.1 Å². The van der Waals surface area contributed by atoms with E-state index in [4.69, 9.17) is 9.47 Å². The molecule has 1 aliphatic rings. The quantitative estimate of drug-likeness (QED) is 0.840. The van der Waals surface area contributed by atoms with E-state index < -0.39 is 0 Å². The van der Waals surface area contributed by atoms with E-state index in [1.165, 1.54) is 5.56 Å². The SMILES string of the molecule is CCC(CO)C(NC)c1cc2c(cc1C)OCO2. The molecule has 0 saturated heterocycles. The van der Waals surface area contributed by atoms with Crippen LogP contribution in [0.4, 0.5) is 0 Å². The van der Waals surface area contributed by atoms with E-state index in [9.17, 15) is 5.11 Å². The first-order valence-corrected chi connectivity index (χ1v) is 6.39. The Morgan fingerprint density at radius 2 is 2.00 bits per heavy atom. The van der Waals surface area contributed by atoms with E-state index in [1.807, 2.05) is 19.2 Å². The molecule has 2 rings (SSSR count). The predicted molar refractivity (Wildman–Crippen MR) is 70.0 cm³/mol. The summed E-state index contributed by atoms with van der Waals surface area (Å²) in [5, 5.41) is 12.8. The molecule has 1 heterocycles. The first-order chi connectivity index (χ1) is 8.71. The van der Waals surface area contributed by atoms with Gasteiger partial charge in [0.2, 0.25) is 6.79 Å². The molecule has 0 saturated carbocycles. The van der Waals surface area contributed by atoms with Gasteiger partial charge in [-0.15, -0.1) is 0 Å². The Kier molecular flexibility index (Phi) is 4.09. The standard InChI is InChI=1S/C14H21NO3/c1-4-10(7-16)14(15-3)11-6-13-12(5-9(11)2)17-8-18-13/h5-6,10,14-16H,4,7-8H2,1-3H3. The minimum absolute atomic E-state index is 0.134. The second-order valence-electron chi connectivity index (χ2n) is 4.68. The molecular weight excluding hydrogens is 230 g/mol. The number of ether oxygens (including phenoxy) is 2. The fourth-order valence-electron chi connectivity index (χ4n) is 2.51. The lowest BCUT2D eigenvalue weighted by Crippen LogP contribution is -2.28. The number of aliphatic hydroxyl groups excluding tert-OH is 1. The highest BCUT2D eigenvalue weighted by atomic mass is 16.7. The summed E-state index contributed by atoms with van der Waals surface area (Å²) >= 11 is 0. The fourth-order valence-corrected chi connectivity index (χ4v) is 2.51. The Morgan fingerprint density at radius 3 is 2.56 bits per heavy atom. The third kappa shape index (κ3) is 2.31. The van der Waals surface area contributed by atoms with Crippen molar-refractivity contribution in [1.82, 2.24) is 5.32 Å². The number of hydrogen-bond donors (Lipinski definition) is 2. The Morgan fingerprint density at radius 1 is 1.33 bits per heavy atom. The molecule has 0 fully saturated rings. The summed E-state index contributed by atoms with van der Waals surface area (Å²) in [4.78, 5) is 0. The molecule has 18 heavy (non-hydrogen) atoms. The number of benzene rings is 1. The summed E-state index contributed by atoms with van der Waals surface area (Å²) in [6.07, 6.45) is 0.926. The maximum absolute atomic E-state index is 9.48. The minimum atomic E-state index is 0.134. The molecule has 2 unspecified atom stereocenters. The summed E-state index contributed by atoms with van der Waals surface area (Å²) in [5.41, 5.74) is 2.33. The van der Waals surface area contributed by atoms with E-state index in [-0.39, 0.29) is 18.6 Å². The van der Waals surface area contributed by atoms with Gasteiger partial charge in [-0.1, -0.05) is 6.92 Å². The molecular formula is C14H21NO3. The molecule has 0 amide bonds. The summed E-state index contributed by atoms with van der Waals surface area (Å²) in [5.74, 6) is 1.81. The molecule has 1 aromatic rings. The molecule has 4 nitrogen and oxygen atoms in total. The van der Waals surface area contributed by atoms with E-state index in [2.05, 4.69) is 19.2 Å². The second-order valence-corrected chi connectivity index (χ2v) is 4.68. The minimum Gasteiger partial charge on any atom is -0.454 e. The normalized spacial score (nSPS) is 16.7. The number of aryl methyl sites for hydroxylation is 1. The molecule has 0 aromatic heterocycles. The third-order valence-electron chi connectivity index (χ3n) is 3.64. The summed E-state index contributed by atoms with van der Waals surface area (Å²) in [6.45, 7) is 4.62. The Balaban J connectivity index is 2.36. The van der Waals surface area contributed by atoms with Crippen LogP contribution in [-0.4, -0.2) is 25.6 Å². The van der Waals surface area contributed by atoms with Crippen LogP contribution in [0.25, 0.3) is 0 Å². The highest BCUT2D eigenvalue weighted by Gasteiger charge is 2.24. The molecule has 2 N–H and O–H groups in total. The van der Waals surface area contributed by atoms with Crippen LogP contribution in [0.1, 0.15) is 30.5 Å². The van der Waals surface area contributed by atoms with Gasteiger partial charge >= 0.3 is 0 Å². The molecule has 1 aromatic carbocycles. The molecule has 0 spiro atoms. The second kappa shape index (κ2) is 5.59. The topological polar surface area (TPSA) is 50.7 Å². The first-order valence-electron chi connectivity index (χ1n) is 6.39. The molecule has 0 bridgehead atoms. The number of aliphatic hydroxyl groups is 1. The van der Waals surface area contributed by atoms with Gasteiger partial charge in [-0.3, -0.25) is 0 Å². The lowest BCUT2D eigenvalue weighted by Gasteiger charge is -2.26. The van der Waals surface area contributed by atoms with Crippen LogP contribution in [0.5, 0.6) is 11.5 Å². The van der Waals surface area contributed by atoms with Crippen LogP contribution >= 0.6 is 0 Å². The zero-order chi connectivity index (χ0) is 13.1. The Bertz CT molecular complexity index is 416.